The van der Waals surface area contributed by atoms with Crippen LogP contribution in [0.3, 0.4) is 0 Å². The second-order valence-electron chi connectivity index (χ2n) is 4.21. The molecule has 0 saturated heterocycles. The third-order valence-corrected chi connectivity index (χ3v) is 2.82. The second kappa shape index (κ2) is 4.62. The van der Waals surface area contributed by atoms with Crippen molar-refractivity contribution >= 4 is 19.7 Å². The maximum absolute atomic E-state index is 10.8. The molecule has 0 fully saturated rings. The summed E-state index contributed by atoms with van der Waals surface area (Å²) in [7, 11) is 1.71. The summed E-state index contributed by atoms with van der Waals surface area (Å²) in [6, 6.07) is 0. The molecule has 0 spiro atoms. The Morgan fingerprint density at radius 3 is 2.15 bits per heavy atom. The van der Waals surface area contributed by atoms with Gasteiger partial charge in [-0.2, -0.15) is 0 Å². The number of ether oxygens (including phenoxy) is 1. The van der Waals surface area contributed by atoms with Crippen LogP contribution in [0.15, 0.2) is 0 Å². The van der Waals surface area contributed by atoms with E-state index in [1.165, 1.54) is 0 Å². The molecule has 0 heterocycles. The van der Waals surface area contributed by atoms with Crippen LogP contribution < -0.4 is 0 Å². The van der Waals surface area contributed by atoms with Crippen LogP contribution in [-0.2, 0) is 13.8 Å². The molecule has 0 unspecified atom stereocenters. The predicted octanol–water partition coefficient (Wildman–Crippen LogP) is 2.01. The SMILES string of the molecule is CC(C)OCC(C)(C)CS(=O)(=O)Cl. The van der Waals surface area contributed by atoms with Gasteiger partial charge in [0.2, 0.25) is 9.05 Å². The Morgan fingerprint density at radius 1 is 1.38 bits per heavy atom. The van der Waals surface area contributed by atoms with E-state index in [1.807, 2.05) is 27.7 Å². The fourth-order valence-electron chi connectivity index (χ4n) is 0.901. The second-order valence-corrected chi connectivity index (χ2v) is 6.98. The van der Waals surface area contributed by atoms with Gasteiger partial charge in [-0.3, -0.25) is 0 Å². The Hall–Kier alpha value is 0.200. The maximum atomic E-state index is 10.8. The molecule has 0 saturated carbocycles. The minimum Gasteiger partial charge on any atom is -0.378 e. The number of hydrogen-bond acceptors (Lipinski definition) is 3. The van der Waals surface area contributed by atoms with Crippen molar-refractivity contribution in [3.05, 3.63) is 0 Å². The minimum absolute atomic E-state index is 0.0612. The maximum Gasteiger partial charge on any atom is 0.233 e. The van der Waals surface area contributed by atoms with Crippen LogP contribution in [-0.4, -0.2) is 26.9 Å². The normalized spacial score (nSPS) is 13.7. The van der Waals surface area contributed by atoms with Crippen LogP contribution in [0, 0.1) is 5.41 Å². The van der Waals surface area contributed by atoms with Crippen LogP contribution in [0.5, 0.6) is 0 Å². The van der Waals surface area contributed by atoms with Crippen LogP contribution in [0.4, 0.5) is 0 Å². The number of halogens is 1. The summed E-state index contributed by atoms with van der Waals surface area (Å²) in [5.41, 5.74) is -0.426. The molecule has 0 amide bonds. The molecule has 0 aliphatic heterocycles. The molecule has 5 heteroatoms. The molecule has 0 aromatic heterocycles. The van der Waals surface area contributed by atoms with E-state index in [0.29, 0.717) is 6.61 Å². The molecule has 0 N–H and O–H groups in total. The van der Waals surface area contributed by atoms with Crippen molar-refractivity contribution in [2.45, 2.75) is 33.8 Å². The zero-order chi connectivity index (χ0) is 10.7. The Balaban J connectivity index is 4.09. The first-order valence-electron chi connectivity index (χ1n) is 4.16. The fourth-order valence-corrected chi connectivity index (χ4v) is 2.80. The van der Waals surface area contributed by atoms with Gasteiger partial charge in [0.15, 0.2) is 0 Å². The first-order chi connectivity index (χ1) is 5.62. The standard InChI is InChI=1S/C8H17ClO3S/c1-7(2)12-5-8(3,4)6-13(9,10)11/h7H,5-6H2,1-4H3. The van der Waals surface area contributed by atoms with E-state index in [2.05, 4.69) is 0 Å². The molecular weight excluding hydrogens is 212 g/mol. The van der Waals surface area contributed by atoms with Crippen molar-refractivity contribution in [1.29, 1.82) is 0 Å². The first-order valence-corrected chi connectivity index (χ1v) is 6.64. The highest BCUT2D eigenvalue weighted by Crippen LogP contribution is 2.20. The Labute approximate surface area is 84.8 Å². The lowest BCUT2D eigenvalue weighted by Gasteiger charge is -2.23. The van der Waals surface area contributed by atoms with E-state index < -0.39 is 14.5 Å². The molecule has 0 aliphatic rings. The molecule has 0 aliphatic carbocycles. The van der Waals surface area contributed by atoms with Crippen molar-refractivity contribution in [3.8, 4) is 0 Å². The highest BCUT2D eigenvalue weighted by molar-refractivity contribution is 8.13. The van der Waals surface area contributed by atoms with Crippen LogP contribution in [0.1, 0.15) is 27.7 Å². The van der Waals surface area contributed by atoms with Gasteiger partial charge >= 0.3 is 0 Å². The largest absolute Gasteiger partial charge is 0.378 e. The fraction of sp³-hybridized carbons (Fsp3) is 1.00. The van der Waals surface area contributed by atoms with E-state index >= 15 is 0 Å². The lowest BCUT2D eigenvalue weighted by Crippen LogP contribution is -2.28. The smallest absolute Gasteiger partial charge is 0.233 e. The molecular formula is C8H17ClO3S. The average Bonchev–Trinajstić information content (AvgIpc) is 1.78. The number of rotatable bonds is 5. The van der Waals surface area contributed by atoms with Gasteiger partial charge in [0.25, 0.3) is 0 Å². The summed E-state index contributed by atoms with van der Waals surface area (Å²) in [6.07, 6.45) is 0.109. The number of hydrogen-bond donors (Lipinski definition) is 0. The lowest BCUT2D eigenvalue weighted by atomic mass is 9.98. The Kier molecular flexibility index (Phi) is 4.69. The summed E-state index contributed by atoms with van der Waals surface area (Å²) in [6.45, 7) is 7.85. The van der Waals surface area contributed by atoms with E-state index in [1.54, 1.807) is 0 Å². The van der Waals surface area contributed by atoms with Gasteiger partial charge in [-0.15, -0.1) is 0 Å². The summed E-state index contributed by atoms with van der Waals surface area (Å²) >= 11 is 0. The zero-order valence-corrected chi connectivity index (χ0v) is 10.1. The monoisotopic (exact) mass is 228 g/mol. The summed E-state index contributed by atoms with van der Waals surface area (Å²) in [4.78, 5) is 0. The summed E-state index contributed by atoms with van der Waals surface area (Å²) < 4.78 is 26.9. The van der Waals surface area contributed by atoms with Gasteiger partial charge in [-0.1, -0.05) is 13.8 Å². The highest BCUT2D eigenvalue weighted by Gasteiger charge is 2.25. The quantitative estimate of drug-likeness (QED) is 0.677. The molecule has 0 rings (SSSR count). The molecule has 0 atom stereocenters. The van der Waals surface area contributed by atoms with E-state index in [-0.39, 0.29) is 11.9 Å². The van der Waals surface area contributed by atoms with Gasteiger partial charge in [-0.25, -0.2) is 8.42 Å². The topological polar surface area (TPSA) is 43.4 Å². The Morgan fingerprint density at radius 2 is 1.85 bits per heavy atom. The third kappa shape index (κ3) is 8.53. The van der Waals surface area contributed by atoms with Gasteiger partial charge < -0.3 is 4.74 Å². The van der Waals surface area contributed by atoms with E-state index in [0.717, 1.165) is 0 Å². The van der Waals surface area contributed by atoms with Crippen molar-refractivity contribution < 1.29 is 13.2 Å². The minimum atomic E-state index is -3.44. The van der Waals surface area contributed by atoms with Crippen LogP contribution >= 0.6 is 10.7 Å². The molecule has 0 bridgehead atoms. The summed E-state index contributed by atoms with van der Waals surface area (Å²) in [5, 5.41) is 0. The van der Waals surface area contributed by atoms with Crippen LogP contribution in [0.2, 0.25) is 0 Å². The van der Waals surface area contributed by atoms with Crippen molar-refractivity contribution in [2.75, 3.05) is 12.4 Å². The molecule has 0 aromatic carbocycles. The molecule has 0 radical (unpaired) electrons. The van der Waals surface area contributed by atoms with Crippen molar-refractivity contribution in [3.63, 3.8) is 0 Å². The highest BCUT2D eigenvalue weighted by atomic mass is 35.7. The van der Waals surface area contributed by atoms with E-state index in [4.69, 9.17) is 15.4 Å². The van der Waals surface area contributed by atoms with Crippen molar-refractivity contribution in [2.24, 2.45) is 5.41 Å². The zero-order valence-electron chi connectivity index (χ0n) is 8.50. The first kappa shape index (κ1) is 13.2. The third-order valence-electron chi connectivity index (χ3n) is 1.37. The molecule has 13 heavy (non-hydrogen) atoms. The molecule has 3 nitrogen and oxygen atoms in total. The lowest BCUT2D eigenvalue weighted by molar-refractivity contribution is 0.0297. The predicted molar refractivity (Wildman–Crippen MR) is 54.5 cm³/mol. The van der Waals surface area contributed by atoms with Gasteiger partial charge in [-0.05, 0) is 13.8 Å². The Bertz CT molecular complexity index is 244. The van der Waals surface area contributed by atoms with Crippen LogP contribution in [0.25, 0.3) is 0 Å². The van der Waals surface area contributed by atoms with Crippen molar-refractivity contribution in [1.82, 2.24) is 0 Å². The molecule has 80 valence electrons. The van der Waals surface area contributed by atoms with E-state index in [9.17, 15) is 8.42 Å². The summed E-state index contributed by atoms with van der Waals surface area (Å²) in [5.74, 6) is -0.0612. The van der Waals surface area contributed by atoms with Gasteiger partial charge in [0.05, 0.1) is 18.5 Å². The van der Waals surface area contributed by atoms with Gasteiger partial charge in [0, 0.05) is 16.1 Å². The van der Waals surface area contributed by atoms with Gasteiger partial charge in [0.1, 0.15) is 0 Å². The molecule has 0 aromatic rings. The average molecular weight is 229 g/mol.